The van der Waals surface area contributed by atoms with Gasteiger partial charge in [-0.05, 0) is 26.8 Å². The van der Waals surface area contributed by atoms with Crippen LogP contribution in [0.5, 0.6) is 0 Å². The Morgan fingerprint density at radius 1 is 1.10 bits per heavy atom. The summed E-state index contributed by atoms with van der Waals surface area (Å²) >= 11 is 0. The van der Waals surface area contributed by atoms with Gasteiger partial charge in [-0.25, -0.2) is 0 Å². The van der Waals surface area contributed by atoms with Crippen LogP contribution in [0, 0.1) is 0 Å². The summed E-state index contributed by atoms with van der Waals surface area (Å²) in [7, 11) is 0. The summed E-state index contributed by atoms with van der Waals surface area (Å²) in [5.74, 6) is 0. The van der Waals surface area contributed by atoms with Gasteiger partial charge < -0.3 is 5.73 Å². The minimum absolute atomic E-state index is 0.807. The maximum absolute atomic E-state index is 5.52. The van der Waals surface area contributed by atoms with Crippen molar-refractivity contribution < 1.29 is 0 Å². The Kier molecular flexibility index (Phi) is 4.38. The highest BCUT2D eigenvalue weighted by atomic mass is 14.5. The largest absolute Gasteiger partial charge is 0.399 e. The lowest BCUT2D eigenvalue weighted by Crippen LogP contribution is -1.90. The molecule has 2 N–H and O–H groups in total. The molecule has 0 radical (unpaired) electrons. The van der Waals surface area contributed by atoms with Gasteiger partial charge >= 0.3 is 0 Å². The van der Waals surface area contributed by atoms with Gasteiger partial charge in [0, 0.05) is 5.70 Å². The fourth-order valence-electron chi connectivity index (χ4n) is 0.420. The average Bonchev–Trinajstić information content (AvgIpc) is 1.99. The third-order valence-electron chi connectivity index (χ3n) is 1.33. The van der Waals surface area contributed by atoms with Crippen molar-refractivity contribution >= 4 is 0 Å². The third kappa shape index (κ3) is 3.96. The van der Waals surface area contributed by atoms with E-state index in [9.17, 15) is 0 Å². The van der Waals surface area contributed by atoms with Crippen LogP contribution in [-0.4, -0.2) is 0 Å². The zero-order valence-corrected chi connectivity index (χ0v) is 6.89. The van der Waals surface area contributed by atoms with E-state index in [2.05, 4.69) is 0 Å². The van der Waals surface area contributed by atoms with Gasteiger partial charge in [-0.2, -0.15) is 0 Å². The second-order valence-corrected chi connectivity index (χ2v) is 2.15. The molecule has 0 atom stereocenters. The van der Waals surface area contributed by atoms with Crippen molar-refractivity contribution in [3.05, 3.63) is 35.6 Å². The fraction of sp³-hybridized carbons (Fsp3) is 0.333. The first-order valence-electron chi connectivity index (χ1n) is 3.43. The molecule has 0 saturated heterocycles. The smallest absolute Gasteiger partial charge is 0.0270 e. The van der Waals surface area contributed by atoms with Crippen molar-refractivity contribution in [3.8, 4) is 0 Å². The Bertz CT molecular complexity index is 153. The van der Waals surface area contributed by atoms with Crippen LogP contribution < -0.4 is 5.73 Å². The lowest BCUT2D eigenvalue weighted by molar-refractivity contribution is 1.37. The Hall–Kier alpha value is -0.980. The van der Waals surface area contributed by atoms with E-state index in [1.165, 1.54) is 5.57 Å². The summed E-state index contributed by atoms with van der Waals surface area (Å²) in [5, 5.41) is 0. The first-order valence-corrected chi connectivity index (χ1v) is 3.43. The standard InChI is InChI=1S/C9H15N/c1-4-8(3)6-7-9(10)5-2/h4-7H,10H2,1-3H3/b7-6-,8-4-,9-5-. The molecule has 0 saturated carbocycles. The summed E-state index contributed by atoms with van der Waals surface area (Å²) in [6, 6.07) is 0. The van der Waals surface area contributed by atoms with Crippen LogP contribution in [0.15, 0.2) is 35.6 Å². The molecule has 0 aliphatic heterocycles. The van der Waals surface area contributed by atoms with Crippen molar-refractivity contribution in [2.24, 2.45) is 5.73 Å². The second kappa shape index (κ2) is 4.86. The Labute approximate surface area is 62.9 Å². The highest BCUT2D eigenvalue weighted by Crippen LogP contribution is 1.95. The summed E-state index contributed by atoms with van der Waals surface area (Å²) < 4.78 is 0. The average molecular weight is 137 g/mol. The van der Waals surface area contributed by atoms with Gasteiger partial charge in [-0.15, -0.1) is 0 Å². The van der Waals surface area contributed by atoms with Crippen LogP contribution in [0.4, 0.5) is 0 Å². The molecule has 0 rings (SSSR count). The third-order valence-corrected chi connectivity index (χ3v) is 1.33. The van der Waals surface area contributed by atoms with Crippen molar-refractivity contribution in [1.82, 2.24) is 0 Å². The van der Waals surface area contributed by atoms with Crippen LogP contribution in [-0.2, 0) is 0 Å². The van der Waals surface area contributed by atoms with Gasteiger partial charge in [0.25, 0.3) is 0 Å². The molecule has 0 spiro atoms. The monoisotopic (exact) mass is 137 g/mol. The summed E-state index contributed by atoms with van der Waals surface area (Å²) in [4.78, 5) is 0. The summed E-state index contributed by atoms with van der Waals surface area (Å²) in [6.07, 6.45) is 7.81. The normalized spacial score (nSPS) is 14.7. The Balaban J connectivity index is 4.01. The Morgan fingerprint density at radius 3 is 2.10 bits per heavy atom. The summed E-state index contributed by atoms with van der Waals surface area (Å²) in [6.45, 7) is 5.97. The highest BCUT2D eigenvalue weighted by molar-refractivity contribution is 5.23. The lowest BCUT2D eigenvalue weighted by atomic mass is 10.2. The van der Waals surface area contributed by atoms with Crippen LogP contribution in [0.2, 0.25) is 0 Å². The van der Waals surface area contributed by atoms with Crippen molar-refractivity contribution in [3.63, 3.8) is 0 Å². The number of hydrogen-bond acceptors (Lipinski definition) is 1. The van der Waals surface area contributed by atoms with Gasteiger partial charge in [0.1, 0.15) is 0 Å². The molecule has 1 heteroatoms. The molecule has 56 valence electrons. The Morgan fingerprint density at radius 2 is 1.70 bits per heavy atom. The first kappa shape index (κ1) is 9.02. The molecule has 10 heavy (non-hydrogen) atoms. The molecule has 1 nitrogen and oxygen atoms in total. The van der Waals surface area contributed by atoms with Crippen LogP contribution in [0.1, 0.15) is 20.8 Å². The molecule has 0 aliphatic carbocycles. The summed E-state index contributed by atoms with van der Waals surface area (Å²) in [5.41, 5.74) is 7.56. The van der Waals surface area contributed by atoms with E-state index < -0.39 is 0 Å². The maximum atomic E-state index is 5.52. The van der Waals surface area contributed by atoms with Gasteiger partial charge in [-0.1, -0.05) is 23.8 Å². The molecule has 0 amide bonds. The number of nitrogens with two attached hydrogens (primary N) is 1. The molecule has 0 unspecified atom stereocenters. The van der Waals surface area contributed by atoms with Crippen LogP contribution >= 0.6 is 0 Å². The van der Waals surface area contributed by atoms with E-state index in [-0.39, 0.29) is 0 Å². The van der Waals surface area contributed by atoms with E-state index >= 15 is 0 Å². The van der Waals surface area contributed by atoms with Crippen molar-refractivity contribution in [2.45, 2.75) is 20.8 Å². The van der Waals surface area contributed by atoms with Gasteiger partial charge in [0.15, 0.2) is 0 Å². The highest BCUT2D eigenvalue weighted by Gasteiger charge is 1.78. The van der Waals surface area contributed by atoms with Crippen molar-refractivity contribution in [2.75, 3.05) is 0 Å². The van der Waals surface area contributed by atoms with E-state index in [1.54, 1.807) is 0 Å². The molecule has 0 fully saturated rings. The molecular formula is C9H15N. The quantitative estimate of drug-likeness (QED) is 0.581. The number of allylic oxidation sites excluding steroid dienone is 5. The lowest BCUT2D eigenvalue weighted by Gasteiger charge is -1.89. The molecule has 0 bridgehead atoms. The molecule has 0 aliphatic rings. The van der Waals surface area contributed by atoms with Gasteiger partial charge in [0.2, 0.25) is 0 Å². The van der Waals surface area contributed by atoms with Gasteiger partial charge in [0.05, 0.1) is 0 Å². The maximum Gasteiger partial charge on any atom is 0.0270 e. The van der Waals surface area contributed by atoms with E-state index in [0.717, 1.165) is 5.70 Å². The zero-order valence-electron chi connectivity index (χ0n) is 6.89. The van der Waals surface area contributed by atoms with Crippen LogP contribution in [0.3, 0.4) is 0 Å². The van der Waals surface area contributed by atoms with E-state index in [0.29, 0.717) is 0 Å². The van der Waals surface area contributed by atoms with Gasteiger partial charge in [-0.3, -0.25) is 0 Å². The van der Waals surface area contributed by atoms with Crippen LogP contribution in [0.25, 0.3) is 0 Å². The van der Waals surface area contributed by atoms with E-state index in [1.807, 2.05) is 45.1 Å². The minimum atomic E-state index is 0.807. The fourth-order valence-corrected chi connectivity index (χ4v) is 0.420. The SMILES string of the molecule is C\C=C(C)/C=C\C(N)=C\C. The molecule has 0 heterocycles. The molecule has 0 aromatic heterocycles. The molecule has 0 aromatic carbocycles. The molecular weight excluding hydrogens is 122 g/mol. The molecule has 0 aromatic rings. The predicted molar refractivity (Wildman–Crippen MR) is 46.5 cm³/mol. The minimum Gasteiger partial charge on any atom is -0.399 e. The predicted octanol–water partition coefficient (Wildman–Crippen LogP) is 2.37. The second-order valence-electron chi connectivity index (χ2n) is 2.15. The number of rotatable bonds is 2. The zero-order chi connectivity index (χ0) is 7.98. The topological polar surface area (TPSA) is 26.0 Å². The van der Waals surface area contributed by atoms with E-state index in [4.69, 9.17) is 5.73 Å². The number of hydrogen-bond donors (Lipinski definition) is 1. The first-order chi connectivity index (χ1) is 4.70. The van der Waals surface area contributed by atoms with Crippen molar-refractivity contribution in [1.29, 1.82) is 0 Å².